The second-order valence-electron chi connectivity index (χ2n) is 5.22. The second kappa shape index (κ2) is 5.11. The second-order valence-corrected chi connectivity index (χ2v) is 5.22. The van der Waals surface area contributed by atoms with Gasteiger partial charge in [-0.05, 0) is 39.2 Å². The molecule has 1 aliphatic carbocycles. The molecule has 2 aliphatic rings. The summed E-state index contributed by atoms with van der Waals surface area (Å²) in [5, 5.41) is 8.25. The Balaban J connectivity index is 2.51. The Hall–Kier alpha value is -1.71. The number of carbonyl (C=O) groups is 2. The van der Waals surface area contributed by atoms with Crippen molar-refractivity contribution < 1.29 is 9.59 Å². The molecule has 0 aromatic rings. The molecule has 0 atom stereocenters. The molecule has 1 N–H and O–H groups in total. The van der Waals surface area contributed by atoms with E-state index < -0.39 is 0 Å². The highest BCUT2D eigenvalue weighted by atomic mass is 16.2. The van der Waals surface area contributed by atoms with Crippen LogP contribution in [-0.2, 0) is 9.59 Å². The molecule has 0 aromatic heterocycles. The van der Waals surface area contributed by atoms with Crippen molar-refractivity contribution in [2.24, 2.45) is 0 Å². The number of allylic oxidation sites excluding steroid dienone is 1. The molecule has 4 heteroatoms. The Bertz CT molecular complexity index is 508. The summed E-state index contributed by atoms with van der Waals surface area (Å²) in [5.74, 6) is -0.244. The van der Waals surface area contributed by atoms with Crippen molar-refractivity contribution in [1.29, 1.82) is 5.41 Å². The fourth-order valence-corrected chi connectivity index (χ4v) is 3.10. The minimum absolute atomic E-state index is 0.0809. The number of Topliss-reactive ketones (excluding diaryl/α,β-unsaturated/α-hetero) is 1. The summed E-state index contributed by atoms with van der Waals surface area (Å²) in [6.07, 6.45) is 5.84. The highest BCUT2D eigenvalue weighted by molar-refractivity contribution is 6.28. The van der Waals surface area contributed by atoms with Gasteiger partial charge in [-0.1, -0.05) is 18.9 Å². The number of amidine groups is 1. The van der Waals surface area contributed by atoms with Crippen LogP contribution in [0.5, 0.6) is 0 Å². The van der Waals surface area contributed by atoms with E-state index in [9.17, 15) is 9.59 Å². The molecule has 102 valence electrons. The minimum atomic E-state index is -0.285. The van der Waals surface area contributed by atoms with Gasteiger partial charge in [-0.25, -0.2) is 0 Å². The summed E-state index contributed by atoms with van der Waals surface area (Å²) in [7, 11) is 0. The van der Waals surface area contributed by atoms with E-state index in [0.717, 1.165) is 25.7 Å². The van der Waals surface area contributed by atoms with Crippen molar-refractivity contribution in [3.8, 4) is 0 Å². The van der Waals surface area contributed by atoms with Gasteiger partial charge in [0.2, 0.25) is 0 Å². The van der Waals surface area contributed by atoms with Gasteiger partial charge in [0.25, 0.3) is 5.91 Å². The summed E-state index contributed by atoms with van der Waals surface area (Å²) in [6, 6.07) is 0.0809. The Morgan fingerprint density at radius 2 is 1.95 bits per heavy atom. The molecule has 0 radical (unpaired) electrons. The summed E-state index contributed by atoms with van der Waals surface area (Å²) < 4.78 is 0. The first-order valence-electron chi connectivity index (χ1n) is 6.80. The van der Waals surface area contributed by atoms with Gasteiger partial charge in [0.05, 0.1) is 5.57 Å². The Kier molecular flexibility index (Phi) is 3.69. The van der Waals surface area contributed by atoms with Crippen molar-refractivity contribution in [3.63, 3.8) is 0 Å². The van der Waals surface area contributed by atoms with Crippen LogP contribution >= 0.6 is 0 Å². The maximum absolute atomic E-state index is 12.5. The number of rotatable bonds is 2. The van der Waals surface area contributed by atoms with E-state index in [4.69, 9.17) is 5.41 Å². The molecule has 0 spiro atoms. The van der Waals surface area contributed by atoms with Crippen molar-refractivity contribution in [2.75, 3.05) is 0 Å². The summed E-state index contributed by atoms with van der Waals surface area (Å²) in [6.45, 7) is 5.02. The summed E-state index contributed by atoms with van der Waals surface area (Å²) in [5.41, 5.74) is 1.59. The lowest BCUT2D eigenvalue weighted by molar-refractivity contribution is -0.127. The van der Waals surface area contributed by atoms with Crippen molar-refractivity contribution in [3.05, 3.63) is 22.8 Å². The standard InChI is InChI=1S/C15H20N2O2/c1-4-12-9(2)13(10(3)18)15(19)17(14(12)16)11-7-5-6-8-11/h4,11,16H,5-8H2,1-3H3/b12-4-,16-14?. The number of hydrogen-bond donors (Lipinski definition) is 1. The van der Waals surface area contributed by atoms with Crippen LogP contribution in [0.4, 0.5) is 0 Å². The Morgan fingerprint density at radius 3 is 2.42 bits per heavy atom. The van der Waals surface area contributed by atoms with E-state index in [1.165, 1.54) is 11.8 Å². The number of hydrogen-bond acceptors (Lipinski definition) is 3. The fraction of sp³-hybridized carbons (Fsp3) is 0.533. The molecular formula is C15H20N2O2. The third kappa shape index (κ3) is 2.15. The molecule has 0 unspecified atom stereocenters. The number of nitrogens with one attached hydrogen (secondary N) is 1. The average Bonchev–Trinajstić information content (AvgIpc) is 2.82. The zero-order valence-electron chi connectivity index (χ0n) is 11.7. The van der Waals surface area contributed by atoms with Crippen LogP contribution in [0.2, 0.25) is 0 Å². The zero-order valence-corrected chi connectivity index (χ0v) is 11.7. The van der Waals surface area contributed by atoms with Crippen LogP contribution in [0.25, 0.3) is 0 Å². The van der Waals surface area contributed by atoms with Gasteiger partial charge >= 0.3 is 0 Å². The molecule has 0 saturated heterocycles. The first-order valence-corrected chi connectivity index (χ1v) is 6.80. The van der Waals surface area contributed by atoms with Gasteiger partial charge in [0, 0.05) is 11.6 Å². The van der Waals surface area contributed by atoms with E-state index in [-0.39, 0.29) is 29.1 Å². The molecule has 1 fully saturated rings. The predicted octanol–water partition coefficient (Wildman–Crippen LogP) is 2.60. The smallest absolute Gasteiger partial charge is 0.263 e. The van der Waals surface area contributed by atoms with Crippen molar-refractivity contribution in [2.45, 2.75) is 52.5 Å². The monoisotopic (exact) mass is 260 g/mol. The highest BCUT2D eigenvalue weighted by Crippen LogP contribution is 2.32. The first-order chi connectivity index (χ1) is 8.99. The van der Waals surface area contributed by atoms with Gasteiger partial charge in [-0.15, -0.1) is 0 Å². The first kappa shape index (κ1) is 13.7. The quantitative estimate of drug-likeness (QED) is 0.776. The largest absolute Gasteiger partial charge is 0.294 e. The van der Waals surface area contributed by atoms with Gasteiger partial charge < -0.3 is 0 Å². The van der Waals surface area contributed by atoms with Crippen molar-refractivity contribution >= 4 is 17.5 Å². The molecule has 0 aromatic carbocycles. The predicted molar refractivity (Wildman–Crippen MR) is 74.0 cm³/mol. The normalized spacial score (nSPS) is 23.7. The van der Waals surface area contributed by atoms with Gasteiger partial charge in [-0.3, -0.25) is 19.9 Å². The molecule has 4 nitrogen and oxygen atoms in total. The van der Waals surface area contributed by atoms with Crippen LogP contribution < -0.4 is 0 Å². The minimum Gasteiger partial charge on any atom is -0.294 e. The molecular weight excluding hydrogens is 240 g/mol. The van der Waals surface area contributed by atoms with E-state index in [0.29, 0.717) is 11.1 Å². The van der Waals surface area contributed by atoms with Crippen LogP contribution in [0, 0.1) is 5.41 Å². The molecule has 1 amide bonds. The van der Waals surface area contributed by atoms with E-state index in [2.05, 4.69) is 0 Å². The lowest BCUT2D eigenvalue weighted by Crippen LogP contribution is -2.48. The number of amides is 1. The Morgan fingerprint density at radius 1 is 1.37 bits per heavy atom. The van der Waals surface area contributed by atoms with Gasteiger partial charge in [-0.2, -0.15) is 0 Å². The maximum atomic E-state index is 12.5. The molecule has 2 rings (SSSR count). The Labute approximate surface area is 113 Å². The number of nitrogens with zero attached hydrogens (tertiary/aromatic N) is 1. The third-order valence-electron chi connectivity index (χ3n) is 4.04. The van der Waals surface area contributed by atoms with Crippen LogP contribution in [-0.4, -0.2) is 28.5 Å². The summed E-state index contributed by atoms with van der Waals surface area (Å²) in [4.78, 5) is 25.8. The van der Waals surface area contributed by atoms with E-state index >= 15 is 0 Å². The van der Waals surface area contributed by atoms with E-state index in [1.54, 1.807) is 6.92 Å². The third-order valence-corrected chi connectivity index (χ3v) is 4.04. The number of ketones is 1. The zero-order chi connectivity index (χ0) is 14.2. The van der Waals surface area contributed by atoms with Gasteiger partial charge in [0.15, 0.2) is 5.78 Å². The molecule has 19 heavy (non-hydrogen) atoms. The average molecular weight is 260 g/mol. The van der Waals surface area contributed by atoms with Crippen LogP contribution in [0.15, 0.2) is 22.8 Å². The maximum Gasteiger partial charge on any atom is 0.263 e. The lowest BCUT2D eigenvalue weighted by atomic mass is 9.91. The lowest BCUT2D eigenvalue weighted by Gasteiger charge is -2.35. The van der Waals surface area contributed by atoms with Crippen LogP contribution in [0.3, 0.4) is 0 Å². The molecule has 1 saturated carbocycles. The van der Waals surface area contributed by atoms with Gasteiger partial charge in [0.1, 0.15) is 5.84 Å². The molecule has 1 heterocycles. The van der Waals surface area contributed by atoms with E-state index in [1.807, 2.05) is 13.0 Å². The molecule has 1 aliphatic heterocycles. The van der Waals surface area contributed by atoms with Crippen LogP contribution in [0.1, 0.15) is 46.5 Å². The highest BCUT2D eigenvalue weighted by Gasteiger charge is 2.39. The SMILES string of the molecule is C/C=C1\C(=N)N(C2CCCC2)C(=O)C(C(C)=O)=C1C. The van der Waals surface area contributed by atoms with Crippen molar-refractivity contribution in [1.82, 2.24) is 4.90 Å². The fourth-order valence-electron chi connectivity index (χ4n) is 3.10. The molecule has 0 bridgehead atoms. The topological polar surface area (TPSA) is 61.2 Å². The summed E-state index contributed by atoms with van der Waals surface area (Å²) >= 11 is 0. The number of carbonyl (C=O) groups excluding carboxylic acids is 2.